The Morgan fingerprint density at radius 2 is 1.02 bits per heavy atom. The Hall–Kier alpha value is -10.6. The van der Waals surface area contributed by atoms with Gasteiger partial charge in [-0.2, -0.15) is 0 Å². The summed E-state index contributed by atoms with van der Waals surface area (Å²) < 4.78 is 11.4. The number of aromatic nitrogens is 2. The van der Waals surface area contributed by atoms with Crippen LogP contribution in [-0.2, 0) is 84.6 Å². The highest BCUT2D eigenvalue weighted by molar-refractivity contribution is 7.10. The van der Waals surface area contributed by atoms with Crippen molar-refractivity contribution in [2.24, 2.45) is 29.6 Å². The van der Waals surface area contributed by atoms with Gasteiger partial charge in [-0.1, -0.05) is 73.9 Å². The third-order valence-electron chi connectivity index (χ3n) is 18.8. The number of aldehydes is 1. The van der Waals surface area contributed by atoms with Gasteiger partial charge in [-0.25, -0.2) is 9.97 Å². The maximum Gasteiger partial charge on any atom is 0.306 e. The summed E-state index contributed by atoms with van der Waals surface area (Å²) >= 11 is 2.19. The van der Waals surface area contributed by atoms with Crippen LogP contribution in [0.25, 0.3) is 0 Å². The molecule has 9 atom stereocenters. The van der Waals surface area contributed by atoms with Gasteiger partial charge >= 0.3 is 17.9 Å². The van der Waals surface area contributed by atoms with Crippen LogP contribution in [0, 0.1) is 29.6 Å². The number of hydrazine groups is 1. The van der Waals surface area contributed by atoms with Crippen LogP contribution in [0.2, 0.25) is 0 Å². The molecule has 32 nitrogen and oxygen atoms in total. The predicted molar refractivity (Wildman–Crippen MR) is 404 cm³/mol. The topological polar surface area (TPSA) is 437 Å². The number of nitrogens with zero attached hydrogens (tertiary/aromatic N) is 7. The molecular formula is C76H100N12O20S2. The summed E-state index contributed by atoms with van der Waals surface area (Å²) in [6.07, 6.45) is 2.03. The van der Waals surface area contributed by atoms with Gasteiger partial charge in [0.25, 0.3) is 35.4 Å². The average molecular weight is 1570 g/mol. The number of amides is 11. The van der Waals surface area contributed by atoms with E-state index in [-0.39, 0.29) is 90.6 Å². The molecule has 0 spiro atoms. The van der Waals surface area contributed by atoms with Gasteiger partial charge < -0.3 is 61.1 Å². The summed E-state index contributed by atoms with van der Waals surface area (Å²) in [5.41, 5.74) is 0.446. The molecule has 2 aliphatic heterocycles. The zero-order valence-electron chi connectivity index (χ0n) is 63.9. The zero-order valence-corrected chi connectivity index (χ0v) is 65.5. The van der Waals surface area contributed by atoms with Gasteiger partial charge in [0.15, 0.2) is 12.2 Å². The fraction of sp³-hybridized carbons (Fsp3) is 0.513. The zero-order chi connectivity index (χ0) is 81.4. The molecular weight excluding hydrogens is 1470 g/mol. The molecule has 4 aromatic rings. The van der Waals surface area contributed by atoms with Crippen LogP contribution in [0.1, 0.15) is 188 Å². The molecule has 0 saturated heterocycles. The van der Waals surface area contributed by atoms with Crippen LogP contribution in [0.15, 0.2) is 71.5 Å². The summed E-state index contributed by atoms with van der Waals surface area (Å²) in [5.74, 6) is -12.5. The summed E-state index contributed by atoms with van der Waals surface area (Å²) in [6.45, 7) is 15.1. The van der Waals surface area contributed by atoms with Crippen molar-refractivity contribution >= 4 is 123 Å². The molecule has 4 heterocycles. The molecule has 0 fully saturated rings. The number of thiazole rings is 2. The molecule has 0 aliphatic carbocycles. The van der Waals surface area contributed by atoms with Gasteiger partial charge in [0.2, 0.25) is 29.5 Å². The molecule has 11 amide bonds. The van der Waals surface area contributed by atoms with Crippen LogP contribution in [0.5, 0.6) is 11.5 Å². The Bertz CT molecular complexity index is 4060. The number of nitrogens with one attached hydrogen (secondary N) is 5. The van der Waals surface area contributed by atoms with Crippen molar-refractivity contribution in [3.8, 4) is 11.5 Å². The molecule has 0 saturated carbocycles. The van der Waals surface area contributed by atoms with E-state index >= 15 is 0 Å². The Morgan fingerprint density at radius 1 is 0.591 bits per heavy atom. The first-order chi connectivity index (χ1) is 52.0. The highest BCUT2D eigenvalue weighted by Gasteiger charge is 2.36. The van der Waals surface area contributed by atoms with Crippen molar-refractivity contribution in [2.45, 2.75) is 183 Å². The number of anilines is 2. The number of aromatic hydroxyl groups is 2. The number of carbonyl (C=O) groups is 15. The summed E-state index contributed by atoms with van der Waals surface area (Å²) in [5, 5.41) is 51.7. The van der Waals surface area contributed by atoms with Crippen LogP contribution >= 0.6 is 22.7 Å². The van der Waals surface area contributed by atoms with Crippen LogP contribution in [-0.4, -0.2) is 204 Å². The smallest absolute Gasteiger partial charge is 0.306 e. The SMILES string of the molecule is CC[C@H](C)CC(=O)N(C)[C@H](C[C@@H](OC(C)=O)c1nc(C(=O)N[C@@H](Cc2ccc(O)c(NC(=O)CCN(C(=O)CCN3C(=O)C=CC3=O)N(CCC(=O)Nc3cc(C[C@@H](CC(C)C(=O)O)NC(=O)c4csc([C@@H](C[C@@H](NC)C(C)C)OC(C)=O)n4)ccc3O)C(=O)CCN3C(=O)C=CC3=O)c2)CC(C)C=O)cs1)C(C)C. The number of aliphatic carboxylic acids is 1. The third kappa shape index (κ3) is 26.3. The van der Waals surface area contributed by atoms with Gasteiger partial charge in [-0.15, -0.1) is 22.7 Å². The molecule has 2 aromatic carbocycles. The van der Waals surface area contributed by atoms with Crippen molar-refractivity contribution in [1.29, 1.82) is 0 Å². The quantitative estimate of drug-likeness (QED) is 0.00747. The largest absolute Gasteiger partial charge is 0.506 e. The molecule has 6 rings (SSSR count). The lowest BCUT2D eigenvalue weighted by molar-refractivity contribution is -0.166. The number of ether oxygens (including phenoxy) is 2. The van der Waals surface area contributed by atoms with Gasteiger partial charge in [0.05, 0.1) is 30.4 Å². The third-order valence-corrected chi connectivity index (χ3v) is 20.7. The Morgan fingerprint density at radius 3 is 1.40 bits per heavy atom. The standard InChI is InChI=1S/C76H100N12O20S2/c1-13-44(6)31-71(102)84(12)58(43(4)5)38-62(108-48(10)91)75-83-56(41-110-75)72(103)78-51(30-45(7)39-89)33-49-14-16-59(92)54(35-49)80-63(94)22-28-87(69(100)24-26-85-65(96)18-19-66(85)97)88(70(101)25-27-86-67(98)20-21-68(86)99)29-23-64(95)81-55-36-50(15-17-60(55)93)34-52(32-46(8)76(105)106)79-73(104)57-40-109-74(82-57)61(107-47(9)90)37-53(77-11)42(2)3/h14-21,35-36,39-46,51-53,58,61-62,77,92-93H,13,22-34,37-38H2,1-12H3,(H,78,103)(H,79,104)(H,80,94)(H,81,95)(H,105,106)/t44-,45?,46?,51+,52+,53+,58+,61+,62+/m0/s1. The second-order valence-electron chi connectivity index (χ2n) is 28.2. The first kappa shape index (κ1) is 88.3. The number of carbonyl (C=O) groups excluding carboxylic acids is 14. The Balaban J connectivity index is 1.22. The first-order valence-electron chi connectivity index (χ1n) is 36.4. The second kappa shape index (κ2) is 41.8. The molecule has 596 valence electrons. The Kier molecular flexibility index (Phi) is 33.6. The summed E-state index contributed by atoms with van der Waals surface area (Å²) in [4.78, 5) is 211. The average Bonchev–Trinajstić information content (AvgIpc) is 1.31. The van der Waals surface area contributed by atoms with E-state index in [1.165, 1.54) is 67.9 Å². The van der Waals surface area contributed by atoms with Gasteiger partial charge in [-0.3, -0.25) is 86.9 Å². The van der Waals surface area contributed by atoms with E-state index in [9.17, 15) is 87.2 Å². The van der Waals surface area contributed by atoms with E-state index in [0.29, 0.717) is 40.3 Å². The lowest BCUT2D eigenvalue weighted by atomic mass is 9.95. The lowest BCUT2D eigenvalue weighted by Gasteiger charge is -2.35. The van der Waals surface area contributed by atoms with E-state index in [0.717, 1.165) is 73.2 Å². The van der Waals surface area contributed by atoms with Crippen molar-refractivity contribution in [1.82, 2.24) is 50.6 Å². The van der Waals surface area contributed by atoms with Gasteiger partial charge in [-0.05, 0) is 85.9 Å². The number of phenolic OH excluding ortho intramolecular Hbond substituents is 2. The minimum Gasteiger partial charge on any atom is -0.506 e. The number of hydrogen-bond donors (Lipinski definition) is 8. The lowest BCUT2D eigenvalue weighted by Crippen LogP contribution is -2.53. The molecule has 0 radical (unpaired) electrons. The van der Waals surface area contributed by atoms with E-state index in [1.54, 1.807) is 25.9 Å². The molecule has 8 N–H and O–H groups in total. The fourth-order valence-electron chi connectivity index (χ4n) is 12.4. The number of carboxylic acid groups (broad SMARTS) is 1. The minimum atomic E-state index is -1.16. The molecule has 0 bridgehead atoms. The summed E-state index contributed by atoms with van der Waals surface area (Å²) in [6, 6.07) is 6.18. The number of esters is 2. The van der Waals surface area contributed by atoms with E-state index in [4.69, 9.17) is 9.47 Å². The van der Waals surface area contributed by atoms with Crippen molar-refractivity contribution < 1.29 is 96.7 Å². The van der Waals surface area contributed by atoms with Gasteiger partial charge in [0.1, 0.15) is 39.2 Å². The molecule has 2 unspecified atom stereocenters. The van der Waals surface area contributed by atoms with Gasteiger partial charge in [0, 0.05) is 144 Å². The van der Waals surface area contributed by atoms with Crippen molar-refractivity contribution in [3.63, 3.8) is 0 Å². The highest BCUT2D eigenvalue weighted by atomic mass is 32.1. The normalized spacial score (nSPS) is 15.1. The van der Waals surface area contributed by atoms with Crippen LogP contribution in [0.4, 0.5) is 11.4 Å². The number of rotatable bonds is 43. The molecule has 110 heavy (non-hydrogen) atoms. The maximum absolute atomic E-state index is 14.6. The minimum absolute atomic E-state index is 0.0223. The fourth-order valence-corrected chi connectivity index (χ4v) is 14.1. The molecule has 2 aliphatic rings. The number of imide groups is 2. The number of hydrogen-bond acceptors (Lipinski definition) is 24. The number of benzene rings is 2. The van der Waals surface area contributed by atoms with Crippen LogP contribution < -0.4 is 26.6 Å². The predicted octanol–water partition coefficient (Wildman–Crippen LogP) is 6.74. The first-order valence-corrected chi connectivity index (χ1v) is 38.1. The van der Waals surface area contributed by atoms with E-state index < -0.39 is 176 Å². The highest BCUT2D eigenvalue weighted by Crippen LogP contribution is 2.34. The molecule has 34 heteroatoms. The van der Waals surface area contributed by atoms with E-state index in [2.05, 4.69) is 36.6 Å². The second-order valence-corrected chi connectivity index (χ2v) is 30.0. The van der Waals surface area contributed by atoms with Crippen LogP contribution in [0.3, 0.4) is 0 Å². The van der Waals surface area contributed by atoms with Crippen molar-refractivity contribution in [3.05, 3.63) is 104 Å². The van der Waals surface area contributed by atoms with E-state index in [1.807, 2.05) is 41.5 Å². The van der Waals surface area contributed by atoms with Crippen molar-refractivity contribution in [2.75, 3.05) is 50.9 Å². The Labute approximate surface area is 646 Å². The molecule has 2 aromatic heterocycles. The summed E-state index contributed by atoms with van der Waals surface area (Å²) in [7, 11) is 3.49. The number of phenols is 2. The number of carboxylic acids is 1. The monoisotopic (exact) mass is 1560 g/mol. The maximum atomic E-state index is 14.6.